The molecule has 26 heavy (non-hydrogen) atoms. The van der Waals surface area contributed by atoms with Crippen molar-refractivity contribution in [3.63, 3.8) is 0 Å². The van der Waals surface area contributed by atoms with Gasteiger partial charge in [-0.3, -0.25) is 9.59 Å². The highest BCUT2D eigenvalue weighted by Gasteiger charge is 2.51. The molecule has 3 N–H and O–H groups in total. The van der Waals surface area contributed by atoms with Crippen LogP contribution in [0.25, 0.3) is 0 Å². The fourth-order valence-corrected chi connectivity index (χ4v) is 3.60. The van der Waals surface area contributed by atoms with Crippen molar-refractivity contribution in [2.45, 2.75) is 18.9 Å². The molecule has 1 aromatic carbocycles. The SMILES string of the molecule is C[C@H](/C=C/CCO)[C@@]1(O)C(=O)N(C)c2ccc(N3CCNCC3=O)cc21. The minimum absolute atomic E-state index is 0.0152. The van der Waals surface area contributed by atoms with Crippen LogP contribution < -0.4 is 15.1 Å². The van der Waals surface area contributed by atoms with Gasteiger partial charge in [0.15, 0.2) is 5.60 Å². The Bertz CT molecular complexity index is 748. The van der Waals surface area contributed by atoms with Gasteiger partial charge in [-0.2, -0.15) is 0 Å². The summed E-state index contributed by atoms with van der Waals surface area (Å²) in [6.45, 7) is 3.32. The highest BCUT2D eigenvalue weighted by molar-refractivity contribution is 6.07. The van der Waals surface area contributed by atoms with Crippen molar-refractivity contribution in [1.82, 2.24) is 5.32 Å². The number of fused-ring (bicyclic) bond motifs is 1. The molecule has 1 saturated heterocycles. The fraction of sp³-hybridized carbons (Fsp3) is 0.474. The van der Waals surface area contributed by atoms with E-state index in [0.29, 0.717) is 36.4 Å². The molecule has 1 aromatic rings. The van der Waals surface area contributed by atoms with Gasteiger partial charge in [0.25, 0.3) is 5.91 Å². The van der Waals surface area contributed by atoms with E-state index in [1.54, 1.807) is 43.2 Å². The third-order valence-electron chi connectivity index (χ3n) is 5.16. The van der Waals surface area contributed by atoms with Gasteiger partial charge in [0.05, 0.1) is 12.2 Å². The zero-order valence-corrected chi connectivity index (χ0v) is 15.1. The van der Waals surface area contributed by atoms with E-state index in [-0.39, 0.29) is 19.1 Å². The van der Waals surface area contributed by atoms with Crippen molar-refractivity contribution in [1.29, 1.82) is 0 Å². The van der Waals surface area contributed by atoms with Gasteiger partial charge in [-0.25, -0.2) is 0 Å². The van der Waals surface area contributed by atoms with Crippen LogP contribution in [0, 0.1) is 5.92 Å². The van der Waals surface area contributed by atoms with Crippen LogP contribution in [-0.4, -0.2) is 55.3 Å². The Kier molecular flexibility index (Phi) is 5.13. The van der Waals surface area contributed by atoms with Crippen molar-refractivity contribution < 1.29 is 19.8 Å². The number of rotatable bonds is 5. The van der Waals surface area contributed by atoms with E-state index in [1.807, 2.05) is 6.07 Å². The molecule has 0 bridgehead atoms. The lowest BCUT2D eigenvalue weighted by molar-refractivity contribution is -0.139. The first-order valence-corrected chi connectivity index (χ1v) is 8.85. The largest absolute Gasteiger partial charge is 0.396 e. The molecule has 2 atom stereocenters. The number of likely N-dealkylation sites (N-methyl/N-ethyl adjacent to an activating group) is 1. The van der Waals surface area contributed by atoms with E-state index >= 15 is 0 Å². The summed E-state index contributed by atoms with van der Waals surface area (Å²) in [6, 6.07) is 5.33. The summed E-state index contributed by atoms with van der Waals surface area (Å²) >= 11 is 0. The number of anilines is 2. The lowest BCUT2D eigenvalue weighted by atomic mass is 9.82. The number of amides is 2. The number of hydrogen-bond acceptors (Lipinski definition) is 5. The van der Waals surface area contributed by atoms with Gasteiger partial charge >= 0.3 is 0 Å². The highest BCUT2D eigenvalue weighted by atomic mass is 16.3. The van der Waals surface area contributed by atoms with Crippen LogP contribution in [0.4, 0.5) is 11.4 Å². The van der Waals surface area contributed by atoms with Crippen molar-refractivity contribution in [3.8, 4) is 0 Å². The topological polar surface area (TPSA) is 93.1 Å². The molecule has 2 aliphatic heterocycles. The Morgan fingerprint density at radius 3 is 2.85 bits per heavy atom. The normalized spacial score (nSPS) is 24.5. The Labute approximate surface area is 152 Å². The van der Waals surface area contributed by atoms with Crippen LogP contribution in [0.2, 0.25) is 0 Å². The molecular weight excluding hydrogens is 334 g/mol. The summed E-state index contributed by atoms with van der Waals surface area (Å²) < 4.78 is 0. The number of nitrogens with one attached hydrogen (secondary N) is 1. The standard InChI is InChI=1S/C19H25N3O4/c1-13(5-3-4-10-23)19(26)15-11-14(22-9-8-20-12-17(22)24)6-7-16(15)21(2)18(19)25/h3,5-7,11,13,20,23,26H,4,8-10,12H2,1-2H3/b5-3+/t13-,19+/m1/s1. The summed E-state index contributed by atoms with van der Waals surface area (Å²) in [5, 5.41) is 23.3. The summed E-state index contributed by atoms with van der Waals surface area (Å²) in [5.74, 6) is -0.898. The molecular formula is C19H25N3O4. The number of piperazine rings is 1. The molecule has 7 heteroatoms. The van der Waals surface area contributed by atoms with E-state index in [2.05, 4.69) is 5.32 Å². The minimum Gasteiger partial charge on any atom is -0.396 e. The van der Waals surface area contributed by atoms with Crippen LogP contribution in [-0.2, 0) is 15.2 Å². The lowest BCUT2D eigenvalue weighted by Gasteiger charge is -2.30. The zero-order valence-electron chi connectivity index (χ0n) is 15.1. The second-order valence-corrected chi connectivity index (χ2v) is 6.78. The molecule has 0 radical (unpaired) electrons. The first-order chi connectivity index (χ1) is 12.4. The summed E-state index contributed by atoms with van der Waals surface area (Å²) in [5.41, 5.74) is 0.146. The highest BCUT2D eigenvalue weighted by Crippen LogP contribution is 2.46. The number of benzene rings is 1. The third kappa shape index (κ3) is 2.92. The summed E-state index contributed by atoms with van der Waals surface area (Å²) in [4.78, 5) is 28.1. The van der Waals surface area contributed by atoms with Gasteiger partial charge < -0.3 is 25.3 Å². The monoisotopic (exact) mass is 359 g/mol. The van der Waals surface area contributed by atoms with E-state index in [1.165, 1.54) is 4.90 Å². The van der Waals surface area contributed by atoms with Crippen molar-refractivity contribution in [2.75, 3.05) is 43.1 Å². The molecule has 7 nitrogen and oxygen atoms in total. The first-order valence-electron chi connectivity index (χ1n) is 8.85. The second kappa shape index (κ2) is 7.19. The number of hydrogen-bond donors (Lipinski definition) is 3. The van der Waals surface area contributed by atoms with Gasteiger partial charge in [-0.15, -0.1) is 0 Å². The lowest BCUT2D eigenvalue weighted by Crippen LogP contribution is -2.48. The van der Waals surface area contributed by atoms with Gasteiger partial charge in [-0.1, -0.05) is 19.1 Å². The predicted molar refractivity (Wildman–Crippen MR) is 99.0 cm³/mol. The third-order valence-corrected chi connectivity index (χ3v) is 5.16. The predicted octanol–water partition coefficient (Wildman–Crippen LogP) is 0.361. The summed E-state index contributed by atoms with van der Waals surface area (Å²) in [7, 11) is 1.64. The summed E-state index contributed by atoms with van der Waals surface area (Å²) in [6.07, 6.45) is 3.98. The van der Waals surface area contributed by atoms with Gasteiger partial charge in [0.2, 0.25) is 5.91 Å². The zero-order chi connectivity index (χ0) is 18.9. The van der Waals surface area contributed by atoms with Gasteiger partial charge in [-0.05, 0) is 24.6 Å². The van der Waals surface area contributed by atoms with Crippen molar-refractivity contribution in [2.24, 2.45) is 5.92 Å². The molecule has 0 aromatic heterocycles. The average molecular weight is 359 g/mol. The Hall–Kier alpha value is -2.22. The molecule has 140 valence electrons. The molecule has 0 unspecified atom stereocenters. The quantitative estimate of drug-likeness (QED) is 0.660. The number of carbonyl (C=O) groups excluding carboxylic acids is 2. The molecule has 2 amide bonds. The van der Waals surface area contributed by atoms with Crippen LogP contribution in [0.5, 0.6) is 0 Å². The van der Waals surface area contributed by atoms with Crippen LogP contribution in [0.15, 0.2) is 30.4 Å². The molecule has 2 aliphatic rings. The molecule has 0 aliphatic carbocycles. The maximum absolute atomic E-state index is 12.8. The number of nitrogens with zero attached hydrogens (tertiary/aromatic N) is 2. The Balaban J connectivity index is 2.01. The van der Waals surface area contributed by atoms with Crippen LogP contribution >= 0.6 is 0 Å². The second-order valence-electron chi connectivity index (χ2n) is 6.78. The van der Waals surface area contributed by atoms with E-state index in [0.717, 1.165) is 0 Å². The Morgan fingerprint density at radius 2 is 2.15 bits per heavy atom. The van der Waals surface area contributed by atoms with Crippen molar-refractivity contribution in [3.05, 3.63) is 35.9 Å². The average Bonchev–Trinajstić information content (AvgIpc) is 2.84. The van der Waals surface area contributed by atoms with Gasteiger partial charge in [0.1, 0.15) is 0 Å². The maximum Gasteiger partial charge on any atom is 0.264 e. The first kappa shape index (κ1) is 18.6. The number of carbonyl (C=O) groups is 2. The van der Waals surface area contributed by atoms with Crippen LogP contribution in [0.1, 0.15) is 18.9 Å². The Morgan fingerprint density at radius 1 is 1.38 bits per heavy atom. The fourth-order valence-electron chi connectivity index (χ4n) is 3.60. The molecule has 2 heterocycles. The van der Waals surface area contributed by atoms with Crippen LogP contribution in [0.3, 0.4) is 0 Å². The van der Waals surface area contributed by atoms with Gasteiger partial charge in [0, 0.05) is 43.9 Å². The smallest absolute Gasteiger partial charge is 0.264 e. The van der Waals surface area contributed by atoms with E-state index in [9.17, 15) is 14.7 Å². The molecule has 1 fully saturated rings. The molecule has 0 spiro atoms. The molecule has 0 saturated carbocycles. The number of aliphatic hydroxyl groups is 2. The maximum atomic E-state index is 12.8. The van der Waals surface area contributed by atoms with Crippen molar-refractivity contribution >= 4 is 23.2 Å². The van der Waals surface area contributed by atoms with E-state index in [4.69, 9.17) is 5.11 Å². The van der Waals surface area contributed by atoms with E-state index < -0.39 is 17.4 Å². The number of aliphatic hydroxyl groups excluding tert-OH is 1. The molecule has 3 rings (SSSR count). The minimum atomic E-state index is -1.69.